The Balaban J connectivity index is 1.72. The highest BCUT2D eigenvalue weighted by atomic mass is 35.5. The highest BCUT2D eigenvalue weighted by molar-refractivity contribution is 6.31. The molecule has 0 aliphatic heterocycles. The minimum atomic E-state index is 0.357. The van der Waals surface area contributed by atoms with E-state index in [1.807, 2.05) is 37.3 Å². The fraction of sp³-hybridized carbons (Fsp3) is 0.278. The number of anilines is 1. The number of aryl methyl sites for hydroxylation is 1. The number of tetrazole rings is 1. The molecule has 0 aliphatic carbocycles. The molecule has 0 saturated heterocycles. The van der Waals surface area contributed by atoms with Crippen LogP contribution in [0.25, 0.3) is 0 Å². The number of nitrogens with zero attached hydrogens (tertiary/aromatic N) is 4. The molecular formula is C18H19Cl2N5O2. The number of ether oxygens (including phenoxy) is 2. The first-order valence-corrected chi connectivity index (χ1v) is 9.10. The van der Waals surface area contributed by atoms with Crippen LogP contribution in [0, 0.1) is 0 Å². The molecule has 3 rings (SSSR count). The zero-order chi connectivity index (χ0) is 19.2. The molecule has 9 heteroatoms. The zero-order valence-electron chi connectivity index (χ0n) is 14.9. The van der Waals surface area contributed by atoms with Gasteiger partial charge in [-0.3, -0.25) is 0 Å². The molecule has 0 unspecified atom stereocenters. The summed E-state index contributed by atoms with van der Waals surface area (Å²) in [4.78, 5) is 0. The van der Waals surface area contributed by atoms with Gasteiger partial charge in [-0.25, -0.2) is 4.68 Å². The molecule has 142 valence electrons. The monoisotopic (exact) mass is 407 g/mol. The van der Waals surface area contributed by atoms with Crippen molar-refractivity contribution in [3.8, 4) is 11.5 Å². The van der Waals surface area contributed by atoms with E-state index in [2.05, 4.69) is 20.8 Å². The molecule has 1 N–H and O–H groups in total. The summed E-state index contributed by atoms with van der Waals surface area (Å²) in [6, 6.07) is 11.1. The second-order valence-corrected chi connectivity index (χ2v) is 6.53. The number of hydrogen-bond donors (Lipinski definition) is 1. The SMILES string of the molecule is CCn1nnnc1NCc1cc(OC)c(OCc2cccc(Cl)c2)cc1Cl. The smallest absolute Gasteiger partial charge is 0.243 e. The van der Waals surface area contributed by atoms with Gasteiger partial charge in [0.1, 0.15) is 6.61 Å². The number of benzene rings is 2. The molecule has 2 aromatic carbocycles. The van der Waals surface area contributed by atoms with Crippen LogP contribution >= 0.6 is 23.2 Å². The standard InChI is InChI=1S/C18H19Cl2N5O2/c1-3-25-18(22-23-24-25)21-10-13-8-16(26-2)17(9-15(13)20)27-11-12-5-4-6-14(19)7-12/h4-9H,3,10-11H2,1-2H3,(H,21,22,24). The molecule has 0 radical (unpaired) electrons. The van der Waals surface area contributed by atoms with Crippen LogP contribution in [0.3, 0.4) is 0 Å². The zero-order valence-corrected chi connectivity index (χ0v) is 16.5. The van der Waals surface area contributed by atoms with Crippen molar-refractivity contribution in [2.24, 2.45) is 0 Å². The highest BCUT2D eigenvalue weighted by Crippen LogP contribution is 2.34. The van der Waals surface area contributed by atoms with Crippen LogP contribution in [0.5, 0.6) is 11.5 Å². The first-order chi connectivity index (χ1) is 13.1. The van der Waals surface area contributed by atoms with Crippen LogP contribution < -0.4 is 14.8 Å². The van der Waals surface area contributed by atoms with Gasteiger partial charge >= 0.3 is 0 Å². The van der Waals surface area contributed by atoms with Gasteiger partial charge in [-0.2, -0.15) is 0 Å². The number of aromatic nitrogens is 4. The van der Waals surface area contributed by atoms with Gasteiger partial charge in [-0.15, -0.1) is 0 Å². The maximum atomic E-state index is 6.42. The Labute approximate surface area is 167 Å². The fourth-order valence-corrected chi connectivity index (χ4v) is 2.92. The van der Waals surface area contributed by atoms with Gasteiger partial charge in [0.05, 0.1) is 7.11 Å². The Kier molecular flexibility index (Phi) is 6.36. The van der Waals surface area contributed by atoms with Crippen molar-refractivity contribution in [3.63, 3.8) is 0 Å². The van der Waals surface area contributed by atoms with Gasteiger partial charge < -0.3 is 14.8 Å². The van der Waals surface area contributed by atoms with E-state index in [4.69, 9.17) is 32.7 Å². The third kappa shape index (κ3) is 4.81. The molecular weight excluding hydrogens is 389 g/mol. The molecule has 0 aliphatic rings. The highest BCUT2D eigenvalue weighted by Gasteiger charge is 2.12. The number of halogens is 2. The number of nitrogens with one attached hydrogen (secondary N) is 1. The summed E-state index contributed by atoms with van der Waals surface area (Å²) in [6.07, 6.45) is 0. The molecule has 1 aromatic heterocycles. The predicted octanol–water partition coefficient (Wildman–Crippen LogP) is 4.20. The first-order valence-electron chi connectivity index (χ1n) is 8.34. The predicted molar refractivity (Wildman–Crippen MR) is 105 cm³/mol. The second-order valence-electron chi connectivity index (χ2n) is 5.68. The Hall–Kier alpha value is -2.51. The van der Waals surface area contributed by atoms with Crippen molar-refractivity contribution in [2.75, 3.05) is 12.4 Å². The molecule has 0 spiro atoms. The van der Waals surface area contributed by atoms with Crippen molar-refractivity contribution < 1.29 is 9.47 Å². The van der Waals surface area contributed by atoms with E-state index >= 15 is 0 Å². The molecule has 0 atom stereocenters. The van der Waals surface area contributed by atoms with Gasteiger partial charge in [0.15, 0.2) is 11.5 Å². The van der Waals surface area contributed by atoms with Crippen molar-refractivity contribution in [3.05, 3.63) is 57.6 Å². The average molecular weight is 408 g/mol. The summed E-state index contributed by atoms with van der Waals surface area (Å²) >= 11 is 12.4. The van der Waals surface area contributed by atoms with Crippen molar-refractivity contribution in [1.29, 1.82) is 0 Å². The Morgan fingerprint density at radius 2 is 2.00 bits per heavy atom. The van der Waals surface area contributed by atoms with E-state index in [-0.39, 0.29) is 0 Å². The second kappa shape index (κ2) is 8.92. The van der Waals surface area contributed by atoms with E-state index in [0.717, 1.165) is 11.1 Å². The molecule has 3 aromatic rings. The number of hydrogen-bond acceptors (Lipinski definition) is 6. The molecule has 0 amide bonds. The lowest BCUT2D eigenvalue weighted by Crippen LogP contribution is -2.08. The van der Waals surface area contributed by atoms with Crippen molar-refractivity contribution in [1.82, 2.24) is 20.2 Å². The summed E-state index contributed by atoms with van der Waals surface area (Å²) in [7, 11) is 1.59. The van der Waals surface area contributed by atoms with Crippen LogP contribution in [0.4, 0.5) is 5.95 Å². The first kappa shape index (κ1) is 19.3. The normalized spacial score (nSPS) is 10.7. The topological polar surface area (TPSA) is 74.1 Å². The van der Waals surface area contributed by atoms with Crippen LogP contribution in [-0.4, -0.2) is 27.3 Å². The quantitative estimate of drug-likeness (QED) is 0.602. The summed E-state index contributed by atoms with van der Waals surface area (Å²) in [5.74, 6) is 1.73. The molecule has 7 nitrogen and oxygen atoms in total. The van der Waals surface area contributed by atoms with E-state index in [0.29, 0.717) is 47.2 Å². The van der Waals surface area contributed by atoms with Gasteiger partial charge in [-0.1, -0.05) is 40.4 Å². The Morgan fingerprint density at radius 1 is 1.15 bits per heavy atom. The average Bonchev–Trinajstić information content (AvgIpc) is 3.13. The van der Waals surface area contributed by atoms with Crippen LogP contribution in [0.1, 0.15) is 18.1 Å². The Bertz CT molecular complexity index is 917. The summed E-state index contributed by atoms with van der Waals surface area (Å²) in [5, 5.41) is 15.9. The van der Waals surface area contributed by atoms with Crippen molar-refractivity contribution >= 4 is 29.2 Å². The minimum absolute atomic E-state index is 0.357. The van der Waals surface area contributed by atoms with Crippen LogP contribution in [-0.2, 0) is 19.7 Å². The molecule has 0 bridgehead atoms. The minimum Gasteiger partial charge on any atom is -0.493 e. The number of methoxy groups -OCH3 is 1. The summed E-state index contributed by atoms with van der Waals surface area (Å²) in [5.41, 5.74) is 1.80. The summed E-state index contributed by atoms with van der Waals surface area (Å²) < 4.78 is 13.0. The molecule has 0 fully saturated rings. The third-order valence-electron chi connectivity index (χ3n) is 3.88. The van der Waals surface area contributed by atoms with Crippen molar-refractivity contribution in [2.45, 2.75) is 26.6 Å². The van der Waals surface area contributed by atoms with Gasteiger partial charge in [0.2, 0.25) is 5.95 Å². The van der Waals surface area contributed by atoms with Crippen LogP contribution in [0.15, 0.2) is 36.4 Å². The van der Waals surface area contributed by atoms with E-state index < -0.39 is 0 Å². The maximum Gasteiger partial charge on any atom is 0.243 e. The maximum absolute atomic E-state index is 6.42. The summed E-state index contributed by atoms with van der Waals surface area (Å²) in [6.45, 7) is 3.44. The fourth-order valence-electron chi connectivity index (χ4n) is 2.49. The molecule has 27 heavy (non-hydrogen) atoms. The molecule has 1 heterocycles. The molecule has 0 saturated carbocycles. The Morgan fingerprint density at radius 3 is 2.74 bits per heavy atom. The van der Waals surface area contributed by atoms with Gasteiger partial charge in [0.25, 0.3) is 0 Å². The number of rotatable bonds is 8. The van der Waals surface area contributed by atoms with E-state index in [1.54, 1.807) is 17.9 Å². The lowest BCUT2D eigenvalue weighted by molar-refractivity contribution is 0.284. The van der Waals surface area contributed by atoms with E-state index in [9.17, 15) is 0 Å². The lowest BCUT2D eigenvalue weighted by atomic mass is 10.2. The van der Waals surface area contributed by atoms with E-state index in [1.165, 1.54) is 0 Å². The van der Waals surface area contributed by atoms with Gasteiger partial charge in [0, 0.05) is 29.2 Å². The van der Waals surface area contributed by atoms with Gasteiger partial charge in [-0.05, 0) is 46.7 Å². The lowest BCUT2D eigenvalue weighted by Gasteiger charge is -2.14. The largest absolute Gasteiger partial charge is 0.493 e. The third-order valence-corrected chi connectivity index (χ3v) is 4.47. The van der Waals surface area contributed by atoms with Crippen LogP contribution in [0.2, 0.25) is 10.0 Å².